The van der Waals surface area contributed by atoms with Gasteiger partial charge in [-0.1, -0.05) is 48.0 Å². The van der Waals surface area contributed by atoms with Crippen LogP contribution in [0.2, 0.25) is 5.02 Å². The number of carbonyl (C=O) groups excluding carboxylic acids is 1. The second kappa shape index (κ2) is 11.4. The molecule has 1 amide bonds. The number of hydrogen-bond acceptors (Lipinski definition) is 4. The van der Waals surface area contributed by atoms with Crippen LogP contribution in [-0.2, 0) is 0 Å². The Morgan fingerprint density at radius 2 is 1.69 bits per heavy atom. The van der Waals surface area contributed by atoms with Crippen molar-refractivity contribution in [3.05, 3.63) is 94.5 Å². The summed E-state index contributed by atoms with van der Waals surface area (Å²) in [5.41, 5.74) is 4.14. The minimum absolute atomic E-state index is 0.0150. The number of nitrogens with one attached hydrogen (secondary N) is 1. The monoisotopic (exact) mass is 502 g/mol. The van der Waals surface area contributed by atoms with E-state index >= 15 is 0 Å². The largest absolute Gasteiger partial charge is 0.494 e. The maximum atomic E-state index is 13.0. The van der Waals surface area contributed by atoms with Crippen molar-refractivity contribution in [3.8, 4) is 5.88 Å². The molecular formula is C29H31ClN4O2. The number of fused-ring (bicyclic) bond motifs is 1. The number of aromatic nitrogens is 1. The maximum absolute atomic E-state index is 13.0. The predicted molar refractivity (Wildman–Crippen MR) is 148 cm³/mol. The molecule has 186 valence electrons. The minimum Gasteiger partial charge on any atom is -0.494 e. The van der Waals surface area contributed by atoms with E-state index in [0.717, 1.165) is 36.0 Å². The van der Waals surface area contributed by atoms with E-state index in [0.29, 0.717) is 34.1 Å². The molecule has 0 aliphatic heterocycles. The third-order valence-electron chi connectivity index (χ3n) is 6.08. The normalized spacial score (nSPS) is 11.9. The van der Waals surface area contributed by atoms with Gasteiger partial charge in [-0.3, -0.25) is 4.79 Å². The van der Waals surface area contributed by atoms with Crippen LogP contribution in [0.5, 0.6) is 5.88 Å². The second-order valence-corrected chi connectivity index (χ2v) is 9.39. The van der Waals surface area contributed by atoms with E-state index in [-0.39, 0.29) is 11.8 Å². The molecule has 0 aliphatic carbocycles. The molecule has 0 spiro atoms. The molecule has 36 heavy (non-hydrogen) atoms. The molecule has 6 nitrogen and oxygen atoms in total. The Labute approximate surface area is 216 Å². The average Bonchev–Trinajstić information content (AvgIpc) is 3.20. The highest BCUT2D eigenvalue weighted by Gasteiger charge is 2.19. The fraction of sp³-hybridized carbons (Fsp3) is 0.241. The third kappa shape index (κ3) is 5.78. The summed E-state index contributed by atoms with van der Waals surface area (Å²) >= 11 is 6.16. The van der Waals surface area contributed by atoms with Crippen LogP contribution in [0.25, 0.3) is 10.9 Å². The SMILES string of the molecule is CCN(CCCN(C)C)C(=O)c1ccc(N=C(c2ccccc2)c2c(O)[nH]c3cc(Cl)ccc23)cc1. The molecule has 1 heterocycles. The number of nitrogens with zero attached hydrogens (tertiary/aromatic N) is 3. The van der Waals surface area contributed by atoms with Gasteiger partial charge < -0.3 is 19.9 Å². The Balaban J connectivity index is 1.68. The molecule has 0 saturated heterocycles. The highest BCUT2D eigenvalue weighted by molar-refractivity contribution is 6.31. The average molecular weight is 503 g/mol. The lowest BCUT2D eigenvalue weighted by molar-refractivity contribution is 0.0759. The molecule has 0 bridgehead atoms. The zero-order valence-corrected chi connectivity index (χ0v) is 21.6. The zero-order chi connectivity index (χ0) is 25.7. The Kier molecular flexibility index (Phi) is 8.08. The fourth-order valence-corrected chi connectivity index (χ4v) is 4.40. The Hall–Kier alpha value is -3.61. The lowest BCUT2D eigenvalue weighted by atomic mass is 10.0. The number of carbonyl (C=O) groups is 1. The van der Waals surface area contributed by atoms with Crippen LogP contribution in [0, 0.1) is 0 Å². The quantitative estimate of drug-likeness (QED) is 0.271. The molecule has 0 radical (unpaired) electrons. The van der Waals surface area contributed by atoms with E-state index in [1.807, 2.05) is 86.6 Å². The van der Waals surface area contributed by atoms with Crippen molar-refractivity contribution in [2.24, 2.45) is 4.99 Å². The van der Waals surface area contributed by atoms with Crippen molar-refractivity contribution >= 4 is 39.8 Å². The maximum Gasteiger partial charge on any atom is 0.253 e. The van der Waals surface area contributed by atoms with Gasteiger partial charge in [0, 0.05) is 34.6 Å². The molecule has 0 aliphatic rings. The first-order valence-corrected chi connectivity index (χ1v) is 12.4. The topological polar surface area (TPSA) is 71.9 Å². The van der Waals surface area contributed by atoms with Crippen molar-refractivity contribution in [3.63, 3.8) is 0 Å². The molecule has 0 fully saturated rings. The van der Waals surface area contributed by atoms with E-state index in [2.05, 4.69) is 9.88 Å². The molecule has 4 rings (SSSR count). The van der Waals surface area contributed by atoms with Crippen molar-refractivity contribution in [1.82, 2.24) is 14.8 Å². The highest BCUT2D eigenvalue weighted by Crippen LogP contribution is 2.33. The lowest BCUT2D eigenvalue weighted by Crippen LogP contribution is -2.33. The number of aromatic hydroxyl groups is 1. The highest BCUT2D eigenvalue weighted by atomic mass is 35.5. The molecule has 0 unspecified atom stereocenters. The molecule has 3 aromatic carbocycles. The number of rotatable bonds is 9. The van der Waals surface area contributed by atoms with Crippen LogP contribution in [-0.4, -0.2) is 65.2 Å². The van der Waals surface area contributed by atoms with Gasteiger partial charge >= 0.3 is 0 Å². The number of amides is 1. The molecule has 0 atom stereocenters. The van der Waals surface area contributed by atoms with Gasteiger partial charge in [0.1, 0.15) is 0 Å². The molecule has 1 aromatic heterocycles. The van der Waals surface area contributed by atoms with E-state index in [4.69, 9.17) is 16.6 Å². The van der Waals surface area contributed by atoms with Crippen LogP contribution in [0.3, 0.4) is 0 Å². The predicted octanol–water partition coefficient (Wildman–Crippen LogP) is 6.11. The molecule has 0 saturated carbocycles. The fourth-order valence-electron chi connectivity index (χ4n) is 4.23. The summed E-state index contributed by atoms with van der Waals surface area (Å²) in [5, 5.41) is 12.2. The molecular weight excluding hydrogens is 472 g/mol. The van der Waals surface area contributed by atoms with Crippen molar-refractivity contribution in [1.29, 1.82) is 0 Å². The van der Waals surface area contributed by atoms with Crippen molar-refractivity contribution < 1.29 is 9.90 Å². The Morgan fingerprint density at radius 1 is 0.972 bits per heavy atom. The van der Waals surface area contributed by atoms with Crippen LogP contribution in [0.4, 0.5) is 5.69 Å². The number of aromatic amines is 1. The van der Waals surface area contributed by atoms with Crippen LogP contribution in [0.1, 0.15) is 34.8 Å². The third-order valence-corrected chi connectivity index (χ3v) is 6.32. The first-order chi connectivity index (χ1) is 17.4. The van der Waals surface area contributed by atoms with E-state index in [1.54, 1.807) is 12.1 Å². The van der Waals surface area contributed by atoms with E-state index < -0.39 is 0 Å². The summed E-state index contributed by atoms with van der Waals surface area (Å²) in [7, 11) is 4.07. The lowest BCUT2D eigenvalue weighted by Gasteiger charge is -2.22. The number of halogens is 1. The summed E-state index contributed by atoms with van der Waals surface area (Å²) in [6.07, 6.45) is 0.925. The summed E-state index contributed by atoms with van der Waals surface area (Å²) in [6.45, 7) is 4.31. The zero-order valence-electron chi connectivity index (χ0n) is 20.8. The van der Waals surface area contributed by atoms with Gasteiger partial charge in [-0.15, -0.1) is 0 Å². The van der Waals surface area contributed by atoms with Gasteiger partial charge in [-0.25, -0.2) is 4.99 Å². The molecule has 7 heteroatoms. The summed E-state index contributed by atoms with van der Waals surface area (Å²) < 4.78 is 0. The van der Waals surface area contributed by atoms with Gasteiger partial charge in [0.15, 0.2) is 5.88 Å². The number of hydrogen-bond donors (Lipinski definition) is 2. The van der Waals surface area contributed by atoms with Crippen molar-refractivity contribution in [2.75, 3.05) is 33.7 Å². The first-order valence-electron chi connectivity index (χ1n) is 12.1. The van der Waals surface area contributed by atoms with Gasteiger partial charge in [-0.2, -0.15) is 0 Å². The van der Waals surface area contributed by atoms with E-state index in [9.17, 15) is 9.90 Å². The Morgan fingerprint density at radius 3 is 2.36 bits per heavy atom. The first kappa shape index (κ1) is 25.5. The molecule has 2 N–H and O–H groups in total. The van der Waals surface area contributed by atoms with Crippen LogP contribution >= 0.6 is 11.6 Å². The van der Waals surface area contributed by atoms with Crippen LogP contribution < -0.4 is 0 Å². The van der Waals surface area contributed by atoms with Gasteiger partial charge in [0.25, 0.3) is 5.91 Å². The van der Waals surface area contributed by atoms with Gasteiger partial charge in [0.2, 0.25) is 0 Å². The number of benzene rings is 3. The molecule has 4 aromatic rings. The van der Waals surface area contributed by atoms with Gasteiger partial charge in [0.05, 0.1) is 22.5 Å². The summed E-state index contributed by atoms with van der Waals surface area (Å²) in [5.74, 6) is 0.0409. The number of aliphatic imine (C=N–C) groups is 1. The van der Waals surface area contributed by atoms with E-state index in [1.165, 1.54) is 0 Å². The van der Waals surface area contributed by atoms with Crippen LogP contribution in [0.15, 0.2) is 77.8 Å². The smallest absolute Gasteiger partial charge is 0.253 e. The summed E-state index contributed by atoms with van der Waals surface area (Å²) in [4.78, 5) is 24.9. The minimum atomic E-state index is 0.0150. The summed E-state index contributed by atoms with van der Waals surface area (Å²) in [6, 6.07) is 22.5. The van der Waals surface area contributed by atoms with Crippen molar-refractivity contribution in [2.45, 2.75) is 13.3 Å². The second-order valence-electron chi connectivity index (χ2n) is 8.95. The van der Waals surface area contributed by atoms with Gasteiger partial charge in [-0.05, 0) is 70.4 Å². The Bertz CT molecular complexity index is 1360. The standard InChI is InChI=1S/C29H31ClN4O2/c1-4-34(18-8-17-33(2)3)29(36)21-11-14-23(15-12-21)31-27(20-9-6-5-7-10-20)26-24-16-13-22(30)19-25(24)32-28(26)35/h5-7,9-16,19,32,35H,4,8,17-18H2,1-3H3. The number of H-pyrrole nitrogens is 1.